The largest absolute Gasteiger partial charge is 0.492 e. The van der Waals surface area contributed by atoms with Crippen molar-refractivity contribution in [3.05, 3.63) is 54.1 Å². The van der Waals surface area contributed by atoms with Crippen LogP contribution in [0.2, 0.25) is 0 Å². The Morgan fingerprint density at radius 3 is 2.68 bits per heavy atom. The van der Waals surface area contributed by atoms with Crippen LogP contribution in [0.25, 0.3) is 0 Å². The van der Waals surface area contributed by atoms with E-state index >= 15 is 0 Å². The summed E-state index contributed by atoms with van der Waals surface area (Å²) in [5.74, 6) is 1.73. The van der Waals surface area contributed by atoms with Gasteiger partial charge in [-0.2, -0.15) is 0 Å². The normalized spacial score (nSPS) is 20.6. The predicted octanol–water partition coefficient (Wildman–Crippen LogP) is 3.75. The summed E-state index contributed by atoms with van der Waals surface area (Å²) in [4.78, 5) is 2.39. The van der Waals surface area contributed by atoms with Gasteiger partial charge in [-0.25, -0.2) is 0 Å². The van der Waals surface area contributed by atoms with Crippen molar-refractivity contribution in [2.45, 2.75) is 32.3 Å². The van der Waals surface area contributed by atoms with Gasteiger partial charge in [0.15, 0.2) is 0 Å². The van der Waals surface area contributed by atoms with Crippen LogP contribution in [0.15, 0.2) is 48.5 Å². The van der Waals surface area contributed by atoms with Crippen LogP contribution in [0.1, 0.15) is 25.8 Å². The molecule has 1 unspecified atom stereocenters. The minimum atomic E-state index is -0.201. The van der Waals surface area contributed by atoms with Crippen molar-refractivity contribution < 1.29 is 9.47 Å². The van der Waals surface area contributed by atoms with Crippen LogP contribution >= 0.6 is 0 Å². The summed E-state index contributed by atoms with van der Waals surface area (Å²) in [6, 6.07) is 16.0. The van der Waals surface area contributed by atoms with Crippen LogP contribution in [0.4, 0.5) is 5.69 Å². The molecule has 2 aromatic carbocycles. The van der Waals surface area contributed by atoms with Crippen molar-refractivity contribution in [2.75, 3.05) is 32.0 Å². The van der Waals surface area contributed by atoms with Crippen LogP contribution in [0.3, 0.4) is 0 Å². The number of aryl methyl sites for hydroxylation is 1. The molecule has 0 radical (unpaired) electrons. The maximum Gasteiger partial charge on any atom is 0.143 e. The van der Waals surface area contributed by atoms with E-state index in [2.05, 4.69) is 24.8 Å². The first kappa shape index (κ1) is 17.6. The summed E-state index contributed by atoms with van der Waals surface area (Å²) in [7, 11) is 0. The predicted molar refractivity (Wildman–Crippen MR) is 102 cm³/mol. The summed E-state index contributed by atoms with van der Waals surface area (Å²) in [5.41, 5.74) is 7.97. The molecule has 3 rings (SSSR count). The fraction of sp³-hybridized carbons (Fsp3) is 0.429. The van der Waals surface area contributed by atoms with E-state index in [0.29, 0.717) is 6.61 Å². The van der Waals surface area contributed by atoms with Gasteiger partial charge in [0.2, 0.25) is 0 Å². The van der Waals surface area contributed by atoms with Crippen LogP contribution in [0.5, 0.6) is 11.5 Å². The number of anilines is 1. The van der Waals surface area contributed by atoms with Gasteiger partial charge in [-0.3, -0.25) is 4.90 Å². The van der Waals surface area contributed by atoms with Crippen molar-refractivity contribution >= 4 is 5.69 Å². The molecule has 4 nitrogen and oxygen atoms in total. The molecule has 0 aliphatic carbocycles. The standard InChI is InChI=1S/C21H28N2O2/c1-3-17-8-7-11-19(20(17)22)25-21(2)12-13-23(16-21)14-15-24-18-9-5-4-6-10-18/h4-11H,3,12-16,22H2,1-2H3. The molecule has 1 aliphatic heterocycles. The second-order valence-electron chi connectivity index (χ2n) is 6.92. The van der Waals surface area contributed by atoms with E-state index in [1.54, 1.807) is 0 Å². The van der Waals surface area contributed by atoms with E-state index in [9.17, 15) is 0 Å². The fourth-order valence-electron chi connectivity index (χ4n) is 3.36. The molecule has 1 aliphatic rings. The van der Waals surface area contributed by atoms with E-state index in [4.69, 9.17) is 15.2 Å². The Morgan fingerprint density at radius 1 is 1.12 bits per heavy atom. The smallest absolute Gasteiger partial charge is 0.143 e. The minimum absolute atomic E-state index is 0.201. The lowest BCUT2D eigenvalue weighted by molar-refractivity contribution is 0.0943. The quantitative estimate of drug-likeness (QED) is 0.780. The monoisotopic (exact) mass is 340 g/mol. The molecule has 1 saturated heterocycles. The van der Waals surface area contributed by atoms with Crippen molar-refractivity contribution in [1.82, 2.24) is 4.90 Å². The SMILES string of the molecule is CCc1cccc(OC2(C)CCN(CCOc3ccccc3)C2)c1N. The first-order valence-corrected chi connectivity index (χ1v) is 9.06. The number of hydrogen-bond acceptors (Lipinski definition) is 4. The van der Waals surface area contributed by atoms with E-state index in [1.807, 2.05) is 42.5 Å². The van der Waals surface area contributed by atoms with Gasteiger partial charge in [0.25, 0.3) is 0 Å². The maximum atomic E-state index is 6.32. The van der Waals surface area contributed by atoms with Gasteiger partial charge in [0.05, 0.1) is 5.69 Å². The second-order valence-corrected chi connectivity index (χ2v) is 6.92. The highest BCUT2D eigenvalue weighted by Gasteiger charge is 2.36. The third-order valence-corrected chi connectivity index (χ3v) is 4.83. The van der Waals surface area contributed by atoms with Gasteiger partial charge >= 0.3 is 0 Å². The molecular formula is C21H28N2O2. The Morgan fingerprint density at radius 2 is 1.92 bits per heavy atom. The number of ether oxygens (including phenoxy) is 2. The Kier molecular flexibility index (Phi) is 5.49. The molecule has 0 aromatic heterocycles. The minimum Gasteiger partial charge on any atom is -0.492 e. The summed E-state index contributed by atoms with van der Waals surface area (Å²) in [5, 5.41) is 0. The summed E-state index contributed by atoms with van der Waals surface area (Å²) < 4.78 is 12.1. The lowest BCUT2D eigenvalue weighted by atomic mass is 10.1. The Labute approximate surface area is 150 Å². The molecule has 2 aromatic rings. The molecular weight excluding hydrogens is 312 g/mol. The van der Waals surface area contributed by atoms with Crippen molar-refractivity contribution in [1.29, 1.82) is 0 Å². The first-order chi connectivity index (χ1) is 12.1. The lowest BCUT2D eigenvalue weighted by Gasteiger charge is -2.27. The van der Waals surface area contributed by atoms with Crippen molar-refractivity contribution in [3.8, 4) is 11.5 Å². The number of hydrogen-bond donors (Lipinski definition) is 1. The number of likely N-dealkylation sites (tertiary alicyclic amines) is 1. The molecule has 1 atom stereocenters. The number of nitrogens with zero attached hydrogens (tertiary/aromatic N) is 1. The number of nitrogens with two attached hydrogens (primary N) is 1. The summed E-state index contributed by atoms with van der Waals surface area (Å²) in [6.07, 6.45) is 1.91. The molecule has 0 saturated carbocycles. The molecule has 1 fully saturated rings. The maximum absolute atomic E-state index is 6.32. The molecule has 0 amide bonds. The van der Waals surface area contributed by atoms with Gasteiger partial charge in [0.1, 0.15) is 23.7 Å². The zero-order valence-corrected chi connectivity index (χ0v) is 15.2. The fourth-order valence-corrected chi connectivity index (χ4v) is 3.36. The topological polar surface area (TPSA) is 47.7 Å². The van der Waals surface area contributed by atoms with E-state index in [-0.39, 0.29) is 5.60 Å². The van der Waals surface area contributed by atoms with Gasteiger partial charge in [-0.15, -0.1) is 0 Å². The Balaban J connectivity index is 1.52. The van der Waals surface area contributed by atoms with Crippen molar-refractivity contribution in [2.24, 2.45) is 0 Å². The molecule has 0 spiro atoms. The zero-order chi connectivity index (χ0) is 17.7. The molecule has 2 N–H and O–H groups in total. The summed E-state index contributed by atoms with van der Waals surface area (Å²) in [6.45, 7) is 7.78. The average molecular weight is 340 g/mol. The molecule has 25 heavy (non-hydrogen) atoms. The van der Waals surface area contributed by atoms with Crippen molar-refractivity contribution in [3.63, 3.8) is 0 Å². The highest BCUT2D eigenvalue weighted by molar-refractivity contribution is 5.58. The first-order valence-electron chi connectivity index (χ1n) is 9.06. The van der Waals surface area contributed by atoms with Crippen LogP contribution in [-0.4, -0.2) is 36.7 Å². The highest BCUT2D eigenvalue weighted by Crippen LogP contribution is 2.33. The highest BCUT2D eigenvalue weighted by atomic mass is 16.5. The molecule has 4 heteroatoms. The van der Waals surface area contributed by atoms with Gasteiger partial charge in [0, 0.05) is 26.1 Å². The zero-order valence-electron chi connectivity index (χ0n) is 15.2. The van der Waals surface area contributed by atoms with Gasteiger partial charge in [-0.1, -0.05) is 37.3 Å². The Hall–Kier alpha value is -2.20. The number of nitrogen functional groups attached to an aromatic ring is 1. The molecule has 134 valence electrons. The van der Waals surface area contributed by atoms with E-state index < -0.39 is 0 Å². The molecule has 1 heterocycles. The van der Waals surface area contributed by atoms with Gasteiger partial charge < -0.3 is 15.2 Å². The van der Waals surface area contributed by atoms with Crippen LogP contribution in [-0.2, 0) is 6.42 Å². The number of para-hydroxylation sites is 2. The molecule has 0 bridgehead atoms. The average Bonchev–Trinajstić information content (AvgIpc) is 2.99. The van der Waals surface area contributed by atoms with Crippen LogP contribution < -0.4 is 15.2 Å². The van der Waals surface area contributed by atoms with E-state index in [1.165, 1.54) is 0 Å². The Bertz CT molecular complexity index is 690. The number of benzene rings is 2. The van der Waals surface area contributed by atoms with Gasteiger partial charge in [-0.05, 0) is 37.1 Å². The van der Waals surface area contributed by atoms with Crippen LogP contribution in [0, 0.1) is 0 Å². The van der Waals surface area contributed by atoms with E-state index in [0.717, 1.165) is 55.2 Å². The third-order valence-electron chi connectivity index (χ3n) is 4.83. The lowest BCUT2D eigenvalue weighted by Crippen LogP contribution is -2.37. The summed E-state index contributed by atoms with van der Waals surface area (Å²) >= 11 is 0. The third kappa shape index (κ3) is 4.45. The number of rotatable bonds is 7. The second kappa shape index (κ2) is 7.79.